The Hall–Kier alpha value is -0.870. The Labute approximate surface area is 124 Å². The van der Waals surface area contributed by atoms with E-state index < -0.39 is 0 Å². The lowest BCUT2D eigenvalue weighted by molar-refractivity contribution is 0.0789. The molecule has 1 saturated heterocycles. The minimum absolute atomic E-state index is 0.195. The van der Waals surface area contributed by atoms with Crippen molar-refractivity contribution in [1.82, 2.24) is 4.90 Å². The van der Waals surface area contributed by atoms with Crippen LogP contribution < -0.4 is 5.73 Å². The fraction of sp³-hybridized carbons (Fsp3) is 0.688. The SMILES string of the molecule is N[C@@H]1CN(C(=O)c2cc3c(s2)CCCC3)C[C@H]1C1CC1. The number of carbonyl (C=O) groups is 1. The van der Waals surface area contributed by atoms with Gasteiger partial charge in [-0.05, 0) is 62.0 Å². The van der Waals surface area contributed by atoms with E-state index >= 15 is 0 Å². The molecular formula is C16H22N2OS. The van der Waals surface area contributed by atoms with E-state index in [4.69, 9.17) is 5.73 Å². The van der Waals surface area contributed by atoms with Crippen LogP contribution in [0, 0.1) is 11.8 Å². The van der Waals surface area contributed by atoms with Gasteiger partial charge in [0, 0.05) is 24.0 Å². The van der Waals surface area contributed by atoms with Crippen molar-refractivity contribution in [3.63, 3.8) is 0 Å². The van der Waals surface area contributed by atoms with Crippen LogP contribution in [-0.2, 0) is 12.8 Å². The quantitative estimate of drug-likeness (QED) is 0.909. The molecule has 4 heteroatoms. The van der Waals surface area contributed by atoms with Crippen molar-refractivity contribution in [3.8, 4) is 0 Å². The second-order valence-electron chi connectivity index (χ2n) is 6.64. The van der Waals surface area contributed by atoms with Gasteiger partial charge in [0.2, 0.25) is 0 Å². The summed E-state index contributed by atoms with van der Waals surface area (Å²) in [5.41, 5.74) is 7.66. The van der Waals surface area contributed by atoms with Gasteiger partial charge in [0.1, 0.15) is 0 Å². The van der Waals surface area contributed by atoms with Gasteiger partial charge in [-0.15, -0.1) is 11.3 Å². The van der Waals surface area contributed by atoms with Crippen molar-refractivity contribution in [2.24, 2.45) is 17.6 Å². The second-order valence-corrected chi connectivity index (χ2v) is 7.78. The third-order valence-corrected chi connectivity index (χ3v) is 6.36. The maximum Gasteiger partial charge on any atom is 0.264 e. The zero-order valence-electron chi connectivity index (χ0n) is 11.8. The molecule has 1 aromatic heterocycles. The molecule has 0 unspecified atom stereocenters. The Morgan fingerprint density at radius 1 is 1.25 bits per heavy atom. The Kier molecular flexibility index (Phi) is 3.11. The topological polar surface area (TPSA) is 46.3 Å². The van der Waals surface area contributed by atoms with Gasteiger partial charge < -0.3 is 10.6 Å². The zero-order chi connectivity index (χ0) is 13.7. The fourth-order valence-corrected chi connectivity index (χ4v) is 5.02. The molecule has 3 aliphatic rings. The number of nitrogens with zero attached hydrogens (tertiary/aromatic N) is 1. The minimum Gasteiger partial charge on any atom is -0.336 e. The molecule has 1 aromatic rings. The lowest BCUT2D eigenvalue weighted by atomic mass is 9.99. The van der Waals surface area contributed by atoms with Crippen molar-refractivity contribution in [3.05, 3.63) is 21.4 Å². The Balaban J connectivity index is 1.51. The van der Waals surface area contributed by atoms with Gasteiger partial charge in [-0.2, -0.15) is 0 Å². The predicted octanol–water partition coefficient (Wildman–Crippen LogP) is 2.44. The molecule has 108 valence electrons. The van der Waals surface area contributed by atoms with Crippen LogP contribution in [0.25, 0.3) is 0 Å². The molecule has 0 bridgehead atoms. The zero-order valence-corrected chi connectivity index (χ0v) is 12.6. The van der Waals surface area contributed by atoms with E-state index in [0.717, 1.165) is 36.7 Å². The van der Waals surface area contributed by atoms with Gasteiger partial charge in [-0.1, -0.05) is 0 Å². The van der Waals surface area contributed by atoms with Crippen LogP contribution in [0.3, 0.4) is 0 Å². The lowest BCUT2D eigenvalue weighted by Crippen LogP contribution is -2.32. The van der Waals surface area contributed by atoms with Crippen molar-refractivity contribution < 1.29 is 4.79 Å². The number of hydrogen-bond acceptors (Lipinski definition) is 3. The molecule has 20 heavy (non-hydrogen) atoms. The molecule has 2 N–H and O–H groups in total. The highest BCUT2D eigenvalue weighted by atomic mass is 32.1. The number of thiophene rings is 1. The average molecular weight is 290 g/mol. The molecular weight excluding hydrogens is 268 g/mol. The van der Waals surface area contributed by atoms with E-state index in [1.807, 2.05) is 4.90 Å². The van der Waals surface area contributed by atoms with E-state index in [9.17, 15) is 4.79 Å². The molecule has 3 nitrogen and oxygen atoms in total. The van der Waals surface area contributed by atoms with Gasteiger partial charge in [0.15, 0.2) is 0 Å². The highest BCUT2D eigenvalue weighted by Crippen LogP contribution is 2.41. The number of likely N-dealkylation sites (tertiary alicyclic amines) is 1. The number of hydrogen-bond donors (Lipinski definition) is 1. The lowest BCUT2D eigenvalue weighted by Gasteiger charge is -2.15. The standard InChI is InChI=1S/C16H22N2OS/c17-13-9-18(8-12(13)10-5-6-10)16(19)15-7-11-3-1-2-4-14(11)20-15/h7,10,12-13H,1-6,8-9,17H2/t12-,13+/m0/s1. The molecule has 0 aromatic carbocycles. The molecule has 0 spiro atoms. The van der Waals surface area contributed by atoms with Gasteiger partial charge in [-0.25, -0.2) is 0 Å². The Morgan fingerprint density at radius 3 is 2.80 bits per heavy atom. The molecule has 2 atom stereocenters. The number of amides is 1. The maximum atomic E-state index is 12.7. The first-order chi connectivity index (χ1) is 9.72. The highest BCUT2D eigenvalue weighted by molar-refractivity contribution is 7.14. The number of aryl methyl sites for hydroxylation is 2. The van der Waals surface area contributed by atoms with Crippen molar-refractivity contribution in [2.45, 2.75) is 44.6 Å². The monoisotopic (exact) mass is 290 g/mol. The summed E-state index contributed by atoms with van der Waals surface area (Å²) in [4.78, 5) is 17.1. The molecule has 1 saturated carbocycles. The van der Waals surface area contributed by atoms with Gasteiger partial charge >= 0.3 is 0 Å². The Bertz CT molecular complexity index is 511. The molecule has 1 aliphatic heterocycles. The largest absolute Gasteiger partial charge is 0.336 e. The van der Waals surface area contributed by atoms with Crippen LogP contribution in [0.4, 0.5) is 0 Å². The molecule has 1 amide bonds. The summed E-state index contributed by atoms with van der Waals surface area (Å²) >= 11 is 1.72. The van der Waals surface area contributed by atoms with E-state index in [2.05, 4.69) is 6.07 Å². The molecule has 2 fully saturated rings. The third-order valence-electron chi connectivity index (χ3n) is 5.13. The van der Waals surface area contributed by atoms with E-state index in [1.165, 1.54) is 36.1 Å². The van der Waals surface area contributed by atoms with Crippen molar-refractivity contribution in [1.29, 1.82) is 0 Å². The smallest absolute Gasteiger partial charge is 0.264 e. The third kappa shape index (κ3) is 2.19. The van der Waals surface area contributed by atoms with Crippen LogP contribution in [0.2, 0.25) is 0 Å². The highest BCUT2D eigenvalue weighted by Gasteiger charge is 2.42. The number of rotatable bonds is 2. The Morgan fingerprint density at radius 2 is 2.05 bits per heavy atom. The van der Waals surface area contributed by atoms with Crippen LogP contribution in [0.5, 0.6) is 0 Å². The number of fused-ring (bicyclic) bond motifs is 1. The van der Waals surface area contributed by atoms with Crippen LogP contribution in [-0.4, -0.2) is 29.9 Å². The van der Waals surface area contributed by atoms with Crippen molar-refractivity contribution in [2.75, 3.05) is 13.1 Å². The van der Waals surface area contributed by atoms with Crippen LogP contribution in [0.1, 0.15) is 45.8 Å². The van der Waals surface area contributed by atoms with E-state index in [0.29, 0.717) is 5.92 Å². The minimum atomic E-state index is 0.195. The summed E-state index contributed by atoms with van der Waals surface area (Å²) in [6.45, 7) is 1.63. The molecule has 0 radical (unpaired) electrons. The van der Waals surface area contributed by atoms with Crippen LogP contribution in [0.15, 0.2) is 6.07 Å². The van der Waals surface area contributed by atoms with Gasteiger partial charge in [0.25, 0.3) is 5.91 Å². The summed E-state index contributed by atoms with van der Waals surface area (Å²) < 4.78 is 0. The van der Waals surface area contributed by atoms with E-state index in [-0.39, 0.29) is 11.9 Å². The van der Waals surface area contributed by atoms with Crippen LogP contribution >= 0.6 is 11.3 Å². The molecule has 2 aliphatic carbocycles. The molecule has 2 heterocycles. The first-order valence-electron chi connectivity index (χ1n) is 7.89. The maximum absolute atomic E-state index is 12.7. The first kappa shape index (κ1) is 12.8. The molecule has 4 rings (SSSR count). The van der Waals surface area contributed by atoms with E-state index in [1.54, 1.807) is 11.3 Å². The summed E-state index contributed by atoms with van der Waals surface area (Å²) in [5.74, 6) is 1.57. The summed E-state index contributed by atoms with van der Waals surface area (Å²) in [5, 5.41) is 0. The summed E-state index contributed by atoms with van der Waals surface area (Å²) in [7, 11) is 0. The first-order valence-corrected chi connectivity index (χ1v) is 8.70. The van der Waals surface area contributed by atoms with Gasteiger partial charge in [0.05, 0.1) is 4.88 Å². The fourth-order valence-electron chi connectivity index (χ4n) is 3.80. The average Bonchev–Trinajstić information content (AvgIpc) is 3.08. The normalized spacial score (nSPS) is 29.6. The summed E-state index contributed by atoms with van der Waals surface area (Å²) in [6.07, 6.45) is 7.50. The number of carbonyl (C=O) groups excluding carboxylic acids is 1. The number of nitrogens with two attached hydrogens (primary N) is 1. The summed E-state index contributed by atoms with van der Waals surface area (Å²) in [6, 6.07) is 2.35. The van der Waals surface area contributed by atoms with Gasteiger partial charge in [-0.3, -0.25) is 4.79 Å². The van der Waals surface area contributed by atoms with Crippen molar-refractivity contribution >= 4 is 17.2 Å². The second kappa shape index (κ2) is 4.85. The predicted molar refractivity (Wildman–Crippen MR) is 81.1 cm³/mol.